The number of carboxylic acids is 1. The van der Waals surface area contributed by atoms with E-state index in [2.05, 4.69) is 15.4 Å². The summed E-state index contributed by atoms with van der Waals surface area (Å²) in [5, 5.41) is 18.8. The quantitative estimate of drug-likeness (QED) is 0.394. The summed E-state index contributed by atoms with van der Waals surface area (Å²) >= 11 is 1.59. The van der Waals surface area contributed by atoms with E-state index in [4.69, 9.17) is 10.9 Å². The van der Waals surface area contributed by atoms with Gasteiger partial charge in [-0.25, -0.2) is 4.98 Å². The summed E-state index contributed by atoms with van der Waals surface area (Å²) in [5.41, 5.74) is 2.94. The number of likely N-dealkylation sites (tertiary alicyclic amines) is 1. The van der Waals surface area contributed by atoms with Crippen molar-refractivity contribution >= 4 is 41.1 Å². The van der Waals surface area contributed by atoms with Crippen molar-refractivity contribution in [3.05, 3.63) is 35.2 Å². The van der Waals surface area contributed by atoms with Crippen molar-refractivity contribution in [3.63, 3.8) is 0 Å². The van der Waals surface area contributed by atoms with Crippen LogP contribution in [0, 0.1) is 0 Å². The lowest BCUT2D eigenvalue weighted by molar-refractivity contribution is -0.138. The van der Waals surface area contributed by atoms with Crippen molar-refractivity contribution < 1.29 is 9.90 Å². The number of piperidine rings is 1. The maximum absolute atomic E-state index is 10.8. The molecular formula is C17H22ClN5O2S. The van der Waals surface area contributed by atoms with E-state index in [-0.39, 0.29) is 19.0 Å². The van der Waals surface area contributed by atoms with E-state index in [0.717, 1.165) is 47.9 Å². The molecule has 0 spiro atoms. The molecule has 9 heteroatoms. The fraction of sp³-hybridized carbons (Fsp3) is 0.353. The molecule has 1 aliphatic rings. The highest BCUT2D eigenvalue weighted by molar-refractivity contribution is 7.14. The van der Waals surface area contributed by atoms with Gasteiger partial charge in [0.05, 0.1) is 18.5 Å². The minimum atomic E-state index is -0.764. The molecule has 140 valence electrons. The third-order valence-electron chi connectivity index (χ3n) is 4.21. The number of aromatic nitrogens is 1. The van der Waals surface area contributed by atoms with Crippen molar-refractivity contribution in [1.29, 1.82) is 0 Å². The van der Waals surface area contributed by atoms with Crippen LogP contribution >= 0.6 is 23.7 Å². The molecule has 1 aromatic carbocycles. The van der Waals surface area contributed by atoms with Gasteiger partial charge in [0.25, 0.3) is 0 Å². The summed E-state index contributed by atoms with van der Waals surface area (Å²) in [6, 6.07) is 8.25. The lowest BCUT2D eigenvalue weighted by Crippen LogP contribution is -2.41. The first-order valence-electron chi connectivity index (χ1n) is 8.14. The van der Waals surface area contributed by atoms with Gasteiger partial charge in [-0.2, -0.15) is 5.10 Å². The highest BCUT2D eigenvalue weighted by atomic mass is 35.5. The average molecular weight is 396 g/mol. The first-order chi connectivity index (χ1) is 12.1. The van der Waals surface area contributed by atoms with Crippen LogP contribution in [0.3, 0.4) is 0 Å². The zero-order valence-corrected chi connectivity index (χ0v) is 15.8. The fourth-order valence-electron chi connectivity index (χ4n) is 2.90. The summed E-state index contributed by atoms with van der Waals surface area (Å²) in [6.07, 6.45) is 3.46. The van der Waals surface area contributed by atoms with Crippen molar-refractivity contribution in [2.75, 3.05) is 25.0 Å². The summed E-state index contributed by atoms with van der Waals surface area (Å²) in [7, 11) is 0. The number of benzene rings is 1. The van der Waals surface area contributed by atoms with Gasteiger partial charge in [-0.15, -0.1) is 23.7 Å². The number of carbonyl (C=O) groups is 1. The Hall–Kier alpha value is -2.16. The molecule has 0 amide bonds. The second-order valence-electron chi connectivity index (χ2n) is 6.03. The van der Waals surface area contributed by atoms with Crippen molar-refractivity contribution in [2.45, 2.75) is 18.9 Å². The molecule has 1 aliphatic heterocycles. The number of hydrogen-bond acceptors (Lipinski definition) is 7. The largest absolute Gasteiger partial charge is 0.480 e. The van der Waals surface area contributed by atoms with Crippen LogP contribution in [0.4, 0.5) is 5.13 Å². The van der Waals surface area contributed by atoms with Crippen LogP contribution in [0.2, 0.25) is 0 Å². The predicted molar refractivity (Wildman–Crippen MR) is 107 cm³/mol. The highest BCUT2D eigenvalue weighted by Crippen LogP contribution is 2.26. The molecule has 2 aromatic rings. The van der Waals surface area contributed by atoms with Crippen molar-refractivity contribution in [2.24, 2.45) is 10.9 Å². The minimum Gasteiger partial charge on any atom is -0.480 e. The molecule has 1 fully saturated rings. The highest BCUT2D eigenvalue weighted by Gasteiger charge is 2.21. The predicted octanol–water partition coefficient (Wildman–Crippen LogP) is 2.49. The van der Waals surface area contributed by atoms with Gasteiger partial charge in [-0.3, -0.25) is 9.69 Å². The topological polar surface area (TPSA) is 104 Å². The molecule has 0 bridgehead atoms. The van der Waals surface area contributed by atoms with E-state index < -0.39 is 5.97 Å². The average Bonchev–Trinajstić information content (AvgIpc) is 3.06. The standard InChI is InChI=1S/C17H21N5O2S.ClH/c18-19-9-12-1-3-13(4-2-12)15-11-25-17(21-15)20-14-5-7-22(8-6-14)10-16(23)24;/h1-4,9,11,14H,5-8,10,18H2,(H,20,21)(H,23,24);1H. The fourth-order valence-corrected chi connectivity index (χ4v) is 3.70. The molecule has 3 rings (SSSR count). The number of anilines is 1. The maximum Gasteiger partial charge on any atom is 0.317 e. The number of aliphatic carboxylic acids is 1. The summed E-state index contributed by atoms with van der Waals surface area (Å²) in [5.74, 6) is 4.39. The second kappa shape index (κ2) is 9.51. The Morgan fingerprint density at radius 3 is 2.69 bits per heavy atom. The number of thiazole rings is 1. The molecular weight excluding hydrogens is 374 g/mol. The third kappa shape index (κ3) is 5.42. The van der Waals surface area contributed by atoms with Gasteiger partial charge >= 0.3 is 5.97 Å². The Labute approximate surface area is 162 Å². The number of halogens is 1. The molecule has 0 radical (unpaired) electrons. The molecule has 1 aromatic heterocycles. The Morgan fingerprint density at radius 2 is 2.08 bits per heavy atom. The van der Waals surface area contributed by atoms with Crippen LogP contribution in [-0.2, 0) is 4.79 Å². The summed E-state index contributed by atoms with van der Waals surface area (Å²) in [4.78, 5) is 17.4. The number of carboxylic acid groups (broad SMARTS) is 1. The van der Waals surface area contributed by atoms with Crippen LogP contribution in [0.15, 0.2) is 34.7 Å². The zero-order chi connectivity index (χ0) is 17.6. The molecule has 0 aliphatic carbocycles. The number of nitrogens with one attached hydrogen (secondary N) is 1. The Morgan fingerprint density at radius 1 is 1.38 bits per heavy atom. The number of rotatable bonds is 6. The van der Waals surface area contributed by atoms with E-state index in [9.17, 15) is 4.79 Å². The Bertz CT molecular complexity index is 742. The summed E-state index contributed by atoms with van der Waals surface area (Å²) < 4.78 is 0. The molecule has 26 heavy (non-hydrogen) atoms. The van der Waals surface area contributed by atoms with E-state index >= 15 is 0 Å². The number of nitrogens with two attached hydrogens (primary N) is 1. The molecule has 0 unspecified atom stereocenters. The van der Waals surface area contributed by atoms with Gasteiger partial charge in [0, 0.05) is 30.1 Å². The molecule has 2 heterocycles. The van der Waals surface area contributed by atoms with Crippen LogP contribution in [0.1, 0.15) is 18.4 Å². The Balaban J connectivity index is 0.00000243. The van der Waals surface area contributed by atoms with E-state index in [1.165, 1.54) is 0 Å². The molecule has 0 atom stereocenters. The van der Waals surface area contributed by atoms with Gasteiger partial charge < -0.3 is 16.3 Å². The zero-order valence-electron chi connectivity index (χ0n) is 14.2. The SMILES string of the molecule is Cl.NN=Cc1ccc(-c2csc(NC3CCN(CC(=O)O)CC3)n2)cc1. The van der Waals surface area contributed by atoms with Crippen LogP contribution in [-0.4, -0.2) is 52.9 Å². The van der Waals surface area contributed by atoms with Crippen LogP contribution in [0.5, 0.6) is 0 Å². The van der Waals surface area contributed by atoms with Gasteiger partial charge in [0.15, 0.2) is 5.13 Å². The monoisotopic (exact) mass is 395 g/mol. The normalized spacial score (nSPS) is 15.7. The lowest BCUT2D eigenvalue weighted by atomic mass is 10.1. The van der Waals surface area contributed by atoms with Gasteiger partial charge in [0.1, 0.15) is 0 Å². The van der Waals surface area contributed by atoms with Crippen LogP contribution < -0.4 is 11.2 Å². The van der Waals surface area contributed by atoms with Crippen LogP contribution in [0.25, 0.3) is 11.3 Å². The Kier molecular flexibility index (Phi) is 7.38. The van der Waals surface area contributed by atoms with Gasteiger partial charge in [-0.1, -0.05) is 24.3 Å². The van der Waals surface area contributed by atoms with Gasteiger partial charge in [-0.05, 0) is 18.4 Å². The smallest absolute Gasteiger partial charge is 0.317 e. The van der Waals surface area contributed by atoms with E-state index in [1.54, 1.807) is 17.6 Å². The maximum atomic E-state index is 10.8. The number of nitrogens with zero attached hydrogens (tertiary/aromatic N) is 3. The third-order valence-corrected chi connectivity index (χ3v) is 4.98. The number of hydrogen-bond donors (Lipinski definition) is 3. The van der Waals surface area contributed by atoms with E-state index in [0.29, 0.717) is 6.04 Å². The lowest BCUT2D eigenvalue weighted by Gasteiger charge is -2.31. The molecule has 7 nitrogen and oxygen atoms in total. The van der Waals surface area contributed by atoms with Crippen molar-refractivity contribution in [1.82, 2.24) is 9.88 Å². The number of hydrazone groups is 1. The van der Waals surface area contributed by atoms with Gasteiger partial charge in [0.2, 0.25) is 0 Å². The first kappa shape index (κ1) is 20.2. The molecule has 1 saturated heterocycles. The summed E-state index contributed by atoms with van der Waals surface area (Å²) in [6.45, 7) is 1.72. The van der Waals surface area contributed by atoms with Crippen molar-refractivity contribution in [3.8, 4) is 11.3 Å². The molecule has 0 saturated carbocycles. The molecule has 4 N–H and O–H groups in total. The van der Waals surface area contributed by atoms with E-state index in [1.807, 2.05) is 34.5 Å². The second-order valence-corrected chi connectivity index (χ2v) is 6.88. The minimum absolute atomic E-state index is 0. The first-order valence-corrected chi connectivity index (χ1v) is 9.02.